The minimum Gasteiger partial charge on any atom is -0.309 e. The van der Waals surface area contributed by atoms with E-state index in [1.165, 1.54) is 24.2 Å². The van der Waals surface area contributed by atoms with Crippen LogP contribution in [0.3, 0.4) is 0 Å². The fraction of sp³-hybridized carbons (Fsp3) is 0.692. The molecule has 0 saturated heterocycles. The number of hydrogen-bond acceptors (Lipinski definition) is 4. The van der Waals surface area contributed by atoms with E-state index in [0.717, 1.165) is 17.8 Å². The van der Waals surface area contributed by atoms with Crippen LogP contribution in [-0.4, -0.2) is 20.0 Å². The lowest BCUT2D eigenvalue weighted by Gasteiger charge is -2.23. The molecule has 1 fully saturated rings. The van der Waals surface area contributed by atoms with Crippen molar-refractivity contribution in [1.82, 2.24) is 10.0 Å². The summed E-state index contributed by atoms with van der Waals surface area (Å²) in [5.41, 5.74) is -0.410. The van der Waals surface area contributed by atoms with Crippen LogP contribution in [0.5, 0.6) is 0 Å². The van der Waals surface area contributed by atoms with Gasteiger partial charge in [-0.25, -0.2) is 13.1 Å². The van der Waals surface area contributed by atoms with Gasteiger partial charge in [0.1, 0.15) is 0 Å². The second-order valence-electron chi connectivity index (χ2n) is 5.75. The van der Waals surface area contributed by atoms with Crippen LogP contribution in [0.4, 0.5) is 0 Å². The van der Waals surface area contributed by atoms with E-state index < -0.39 is 15.6 Å². The van der Waals surface area contributed by atoms with E-state index in [1.807, 2.05) is 20.8 Å². The Morgan fingerprint density at radius 2 is 2.11 bits per heavy atom. The van der Waals surface area contributed by atoms with Crippen LogP contribution in [0.1, 0.15) is 44.9 Å². The molecule has 1 aliphatic rings. The lowest BCUT2D eigenvalue weighted by atomic mass is 10.0. The lowest BCUT2D eigenvalue weighted by Crippen LogP contribution is -2.42. The van der Waals surface area contributed by atoms with Crippen LogP contribution in [0.15, 0.2) is 16.3 Å². The Balaban J connectivity index is 2.03. The van der Waals surface area contributed by atoms with Gasteiger partial charge in [0.25, 0.3) is 0 Å². The van der Waals surface area contributed by atoms with Crippen molar-refractivity contribution in [3.05, 3.63) is 16.3 Å². The zero-order chi connectivity index (χ0) is 14.1. The van der Waals surface area contributed by atoms with Gasteiger partial charge in [-0.15, -0.1) is 11.3 Å². The van der Waals surface area contributed by atoms with Gasteiger partial charge in [-0.3, -0.25) is 0 Å². The topological polar surface area (TPSA) is 58.2 Å². The second-order valence-corrected chi connectivity index (χ2v) is 8.43. The van der Waals surface area contributed by atoms with Crippen molar-refractivity contribution in [2.75, 3.05) is 0 Å². The number of sulfonamides is 1. The molecule has 1 aromatic heterocycles. The maximum atomic E-state index is 12.2. The molecule has 0 amide bonds. The van der Waals surface area contributed by atoms with Crippen LogP contribution >= 0.6 is 11.3 Å². The van der Waals surface area contributed by atoms with Crippen molar-refractivity contribution in [1.29, 1.82) is 0 Å². The molecule has 2 N–H and O–H groups in total. The molecule has 0 unspecified atom stereocenters. The van der Waals surface area contributed by atoms with E-state index in [4.69, 9.17) is 0 Å². The summed E-state index contributed by atoms with van der Waals surface area (Å²) in [6.45, 7) is 6.53. The Morgan fingerprint density at radius 1 is 1.42 bits per heavy atom. The highest BCUT2D eigenvalue weighted by molar-refractivity contribution is 7.89. The van der Waals surface area contributed by atoms with Gasteiger partial charge in [0, 0.05) is 28.4 Å². The number of rotatable bonds is 7. The fourth-order valence-electron chi connectivity index (χ4n) is 1.62. The smallest absolute Gasteiger partial charge is 0.241 e. The van der Waals surface area contributed by atoms with Gasteiger partial charge < -0.3 is 5.32 Å². The third-order valence-electron chi connectivity index (χ3n) is 3.38. The molecule has 1 saturated carbocycles. The monoisotopic (exact) mass is 302 g/mol. The molecule has 6 heteroatoms. The van der Waals surface area contributed by atoms with Crippen molar-refractivity contribution in [3.8, 4) is 0 Å². The standard InChI is InChI=1S/C13H22N2O2S2/c1-4-13(2,3)15-19(16,17)12-7-11(18-9-12)8-14-10-5-6-10/h7,9-10,14-15H,4-6,8H2,1-3H3. The Hall–Kier alpha value is -0.430. The molecule has 0 radical (unpaired) electrons. The first kappa shape index (κ1) is 15.0. The summed E-state index contributed by atoms with van der Waals surface area (Å²) >= 11 is 1.50. The second kappa shape index (κ2) is 5.52. The van der Waals surface area contributed by atoms with E-state index in [-0.39, 0.29) is 0 Å². The number of nitrogens with one attached hydrogen (secondary N) is 2. The molecule has 0 bridgehead atoms. The molecule has 1 heterocycles. The molecule has 0 spiro atoms. The Kier molecular flexibility index (Phi) is 4.35. The van der Waals surface area contributed by atoms with Crippen LogP contribution < -0.4 is 10.0 Å². The highest BCUT2D eigenvalue weighted by Gasteiger charge is 2.26. The summed E-state index contributed by atoms with van der Waals surface area (Å²) in [6.07, 6.45) is 3.23. The fourth-order valence-corrected chi connectivity index (χ4v) is 4.33. The van der Waals surface area contributed by atoms with E-state index in [9.17, 15) is 8.42 Å². The number of thiophene rings is 1. The van der Waals surface area contributed by atoms with Gasteiger partial charge in [-0.2, -0.15) is 0 Å². The van der Waals surface area contributed by atoms with Gasteiger partial charge in [-0.1, -0.05) is 6.92 Å². The Labute approximate surface area is 119 Å². The van der Waals surface area contributed by atoms with Gasteiger partial charge >= 0.3 is 0 Å². The van der Waals surface area contributed by atoms with Crippen molar-refractivity contribution in [2.45, 2.75) is 63.1 Å². The third-order valence-corrected chi connectivity index (χ3v) is 6.14. The average molecular weight is 302 g/mol. The summed E-state index contributed by atoms with van der Waals surface area (Å²) in [5.74, 6) is 0. The van der Waals surface area contributed by atoms with Gasteiger partial charge in [0.15, 0.2) is 0 Å². The van der Waals surface area contributed by atoms with Crippen LogP contribution in [0, 0.1) is 0 Å². The predicted octanol–water partition coefficient (Wildman–Crippen LogP) is 2.47. The summed E-state index contributed by atoms with van der Waals surface area (Å²) in [5, 5.41) is 5.11. The first-order chi connectivity index (χ1) is 8.82. The molecule has 2 rings (SSSR count). The van der Waals surface area contributed by atoms with E-state index >= 15 is 0 Å². The maximum Gasteiger partial charge on any atom is 0.241 e. The quantitative estimate of drug-likeness (QED) is 0.813. The largest absolute Gasteiger partial charge is 0.309 e. The first-order valence-electron chi connectivity index (χ1n) is 6.67. The van der Waals surface area contributed by atoms with E-state index in [1.54, 1.807) is 11.4 Å². The molecule has 0 atom stereocenters. The normalized spacial score (nSPS) is 16.8. The Bertz CT molecular complexity index is 531. The van der Waals surface area contributed by atoms with Gasteiger partial charge in [-0.05, 0) is 39.2 Å². The Morgan fingerprint density at radius 3 is 2.68 bits per heavy atom. The minimum atomic E-state index is -3.40. The molecule has 0 aliphatic heterocycles. The SMILES string of the molecule is CCC(C)(C)NS(=O)(=O)c1csc(CNC2CC2)c1. The van der Waals surface area contributed by atoms with E-state index in [2.05, 4.69) is 10.0 Å². The van der Waals surface area contributed by atoms with Crippen molar-refractivity contribution in [2.24, 2.45) is 0 Å². The highest BCUT2D eigenvalue weighted by Crippen LogP contribution is 2.24. The molecular weight excluding hydrogens is 280 g/mol. The molecule has 19 heavy (non-hydrogen) atoms. The summed E-state index contributed by atoms with van der Waals surface area (Å²) in [4.78, 5) is 1.45. The van der Waals surface area contributed by atoms with Crippen molar-refractivity contribution >= 4 is 21.4 Å². The van der Waals surface area contributed by atoms with Crippen LogP contribution in [-0.2, 0) is 16.6 Å². The molecule has 4 nitrogen and oxygen atoms in total. The molecule has 1 aliphatic carbocycles. The van der Waals surface area contributed by atoms with E-state index in [0.29, 0.717) is 10.9 Å². The molecule has 1 aromatic rings. The van der Waals surface area contributed by atoms with Gasteiger partial charge in [0.05, 0.1) is 4.90 Å². The van der Waals surface area contributed by atoms with Gasteiger partial charge in [0.2, 0.25) is 10.0 Å². The summed E-state index contributed by atoms with van der Waals surface area (Å²) < 4.78 is 27.2. The van der Waals surface area contributed by atoms with Crippen molar-refractivity contribution < 1.29 is 8.42 Å². The molecule has 0 aromatic carbocycles. The van der Waals surface area contributed by atoms with Crippen molar-refractivity contribution in [3.63, 3.8) is 0 Å². The molecule has 108 valence electrons. The summed E-state index contributed by atoms with van der Waals surface area (Å²) in [7, 11) is -3.40. The summed E-state index contributed by atoms with van der Waals surface area (Å²) in [6, 6.07) is 2.41. The van der Waals surface area contributed by atoms with Crippen LogP contribution in [0.25, 0.3) is 0 Å². The zero-order valence-electron chi connectivity index (χ0n) is 11.7. The average Bonchev–Trinajstić information content (AvgIpc) is 3.01. The third kappa shape index (κ3) is 4.27. The lowest BCUT2D eigenvalue weighted by molar-refractivity contribution is 0.439. The van der Waals surface area contributed by atoms with Crippen LogP contribution in [0.2, 0.25) is 0 Å². The zero-order valence-corrected chi connectivity index (χ0v) is 13.3. The predicted molar refractivity (Wildman–Crippen MR) is 78.9 cm³/mol. The first-order valence-corrected chi connectivity index (χ1v) is 9.03. The minimum absolute atomic E-state index is 0.381. The maximum absolute atomic E-state index is 12.2. The number of hydrogen-bond donors (Lipinski definition) is 2. The highest BCUT2D eigenvalue weighted by atomic mass is 32.2. The molecular formula is C13H22N2O2S2.